The number of halogens is 1. The van der Waals surface area contributed by atoms with Crippen molar-refractivity contribution in [2.45, 2.75) is 32.7 Å². The number of aromatic nitrogens is 2. The molecule has 0 amide bonds. The minimum Gasteiger partial charge on any atom is -0.297 e. The fraction of sp³-hybridized carbons (Fsp3) is 0.800. The van der Waals surface area contributed by atoms with E-state index < -0.39 is 0 Å². The first-order valence-electron chi connectivity index (χ1n) is 5.48. The van der Waals surface area contributed by atoms with E-state index in [1.165, 1.54) is 37.3 Å². The molecule has 1 aliphatic carbocycles. The average Bonchev–Trinajstić information content (AvgIpc) is 2.92. The summed E-state index contributed by atoms with van der Waals surface area (Å²) in [7, 11) is 0. The lowest BCUT2D eigenvalue weighted by atomic mass is 10.3. The molecule has 1 aliphatic rings. The van der Waals surface area contributed by atoms with Crippen molar-refractivity contribution in [1.29, 1.82) is 0 Å². The molecule has 0 bridgehead atoms. The van der Waals surface area contributed by atoms with Gasteiger partial charge in [0.05, 0.1) is 0 Å². The summed E-state index contributed by atoms with van der Waals surface area (Å²) < 4.78 is 4.61. The van der Waals surface area contributed by atoms with Crippen LogP contribution in [0.2, 0.25) is 4.34 Å². The van der Waals surface area contributed by atoms with Gasteiger partial charge < -0.3 is 0 Å². The summed E-state index contributed by atoms with van der Waals surface area (Å²) in [5.74, 6) is 0.918. The number of hydrogen-bond acceptors (Lipinski definition) is 4. The smallest absolute Gasteiger partial charge is 0.138 e. The second-order valence-electron chi connectivity index (χ2n) is 4.17. The van der Waals surface area contributed by atoms with Gasteiger partial charge in [-0.15, -0.1) is 5.10 Å². The highest BCUT2D eigenvalue weighted by Crippen LogP contribution is 2.30. The predicted molar refractivity (Wildman–Crippen MR) is 63.2 cm³/mol. The lowest BCUT2D eigenvalue weighted by Gasteiger charge is -2.20. The molecule has 0 radical (unpaired) electrons. The molecule has 0 unspecified atom stereocenters. The van der Waals surface area contributed by atoms with Crippen molar-refractivity contribution in [3.63, 3.8) is 0 Å². The zero-order valence-corrected chi connectivity index (χ0v) is 10.5. The first-order chi connectivity index (χ1) is 7.29. The zero-order valence-electron chi connectivity index (χ0n) is 8.95. The van der Waals surface area contributed by atoms with Gasteiger partial charge in [0.2, 0.25) is 0 Å². The van der Waals surface area contributed by atoms with Gasteiger partial charge >= 0.3 is 0 Å². The summed E-state index contributed by atoms with van der Waals surface area (Å²) in [5, 5.41) is 4.06. The van der Waals surface area contributed by atoms with E-state index in [1.54, 1.807) is 0 Å². The van der Waals surface area contributed by atoms with Crippen LogP contribution in [-0.2, 0) is 6.54 Å². The third-order valence-corrected chi connectivity index (χ3v) is 3.62. The van der Waals surface area contributed by atoms with E-state index in [-0.39, 0.29) is 0 Å². The van der Waals surface area contributed by atoms with E-state index in [0.29, 0.717) is 0 Å². The molecule has 1 aromatic rings. The predicted octanol–water partition coefficient (Wildman–Crippen LogP) is 2.81. The molecule has 5 heteroatoms. The molecule has 0 atom stereocenters. The molecular weight excluding hydrogens is 230 g/mol. The van der Waals surface area contributed by atoms with Crippen LogP contribution in [0.15, 0.2) is 0 Å². The molecule has 1 heterocycles. The Labute approximate surface area is 99.6 Å². The van der Waals surface area contributed by atoms with Gasteiger partial charge in [0.25, 0.3) is 0 Å². The largest absolute Gasteiger partial charge is 0.297 e. The minimum absolute atomic E-state index is 0.743. The van der Waals surface area contributed by atoms with Crippen molar-refractivity contribution in [2.24, 2.45) is 5.92 Å². The molecule has 0 aliphatic heterocycles. The normalized spacial score (nSPS) is 16.2. The van der Waals surface area contributed by atoms with E-state index in [4.69, 9.17) is 11.6 Å². The van der Waals surface area contributed by atoms with Crippen molar-refractivity contribution in [3.05, 3.63) is 10.0 Å². The molecule has 84 valence electrons. The van der Waals surface area contributed by atoms with Crippen LogP contribution in [-0.4, -0.2) is 27.6 Å². The molecule has 0 N–H and O–H groups in total. The Bertz CT molecular complexity index is 311. The van der Waals surface area contributed by atoms with Gasteiger partial charge in [-0.05, 0) is 31.7 Å². The molecule has 1 fully saturated rings. The molecule has 0 spiro atoms. The summed E-state index contributed by atoms with van der Waals surface area (Å²) in [6.07, 6.45) is 3.97. The second-order valence-corrected chi connectivity index (χ2v) is 5.53. The van der Waals surface area contributed by atoms with E-state index >= 15 is 0 Å². The maximum absolute atomic E-state index is 6.00. The standard InChI is InChI=1S/C10H16ClN3S/c1-2-5-14(6-8-3-4-8)7-9-10(11)15-13-12-9/h8H,2-7H2,1H3. The van der Waals surface area contributed by atoms with Crippen molar-refractivity contribution < 1.29 is 0 Å². The molecule has 3 nitrogen and oxygen atoms in total. The van der Waals surface area contributed by atoms with Gasteiger partial charge in [0.1, 0.15) is 10.0 Å². The summed E-state index contributed by atoms with van der Waals surface area (Å²) in [4.78, 5) is 2.44. The number of rotatable bonds is 6. The topological polar surface area (TPSA) is 29.0 Å². The average molecular weight is 246 g/mol. The van der Waals surface area contributed by atoms with Crippen LogP contribution < -0.4 is 0 Å². The van der Waals surface area contributed by atoms with Crippen LogP contribution in [0.3, 0.4) is 0 Å². The lowest BCUT2D eigenvalue weighted by Crippen LogP contribution is -2.26. The Hall–Kier alpha value is -0.190. The fourth-order valence-corrected chi connectivity index (χ4v) is 2.33. The lowest BCUT2D eigenvalue weighted by molar-refractivity contribution is 0.252. The molecule has 15 heavy (non-hydrogen) atoms. The number of hydrogen-bond donors (Lipinski definition) is 0. The van der Waals surface area contributed by atoms with Gasteiger partial charge in [-0.1, -0.05) is 23.0 Å². The van der Waals surface area contributed by atoms with Gasteiger partial charge in [-0.25, -0.2) is 0 Å². The third kappa shape index (κ3) is 3.40. The molecular formula is C10H16ClN3S. The van der Waals surface area contributed by atoms with E-state index in [9.17, 15) is 0 Å². The highest BCUT2D eigenvalue weighted by atomic mass is 35.5. The molecule has 1 aromatic heterocycles. The number of nitrogens with zero attached hydrogens (tertiary/aromatic N) is 3. The van der Waals surface area contributed by atoms with Crippen LogP contribution >= 0.6 is 23.1 Å². The Morgan fingerprint density at radius 1 is 1.53 bits per heavy atom. The monoisotopic (exact) mass is 245 g/mol. The SMILES string of the molecule is CCCN(Cc1nnsc1Cl)CC1CC1. The van der Waals surface area contributed by atoms with E-state index in [0.717, 1.165) is 29.0 Å². The van der Waals surface area contributed by atoms with Crippen LogP contribution in [0.1, 0.15) is 31.9 Å². The first kappa shape index (κ1) is 11.3. The van der Waals surface area contributed by atoms with Gasteiger partial charge in [0, 0.05) is 24.6 Å². The van der Waals surface area contributed by atoms with Crippen LogP contribution in [0.4, 0.5) is 0 Å². The Morgan fingerprint density at radius 3 is 2.87 bits per heavy atom. The van der Waals surface area contributed by atoms with Crippen LogP contribution in [0.25, 0.3) is 0 Å². The van der Waals surface area contributed by atoms with Crippen molar-refractivity contribution in [2.75, 3.05) is 13.1 Å². The van der Waals surface area contributed by atoms with E-state index in [2.05, 4.69) is 21.4 Å². The maximum Gasteiger partial charge on any atom is 0.138 e. The minimum atomic E-state index is 0.743. The molecule has 0 saturated heterocycles. The van der Waals surface area contributed by atoms with Crippen molar-refractivity contribution in [1.82, 2.24) is 14.5 Å². The Balaban J connectivity index is 1.89. The van der Waals surface area contributed by atoms with Gasteiger partial charge in [-0.2, -0.15) is 0 Å². The third-order valence-electron chi connectivity index (χ3n) is 2.64. The van der Waals surface area contributed by atoms with Crippen molar-refractivity contribution in [3.8, 4) is 0 Å². The summed E-state index contributed by atoms with van der Waals surface area (Å²) >= 11 is 7.28. The highest BCUT2D eigenvalue weighted by Gasteiger charge is 2.24. The summed E-state index contributed by atoms with van der Waals surface area (Å²) in [6, 6.07) is 0. The fourth-order valence-electron chi connectivity index (χ4n) is 1.72. The van der Waals surface area contributed by atoms with E-state index in [1.807, 2.05) is 0 Å². The summed E-state index contributed by atoms with van der Waals surface area (Å²) in [6.45, 7) is 5.40. The Morgan fingerprint density at radius 2 is 2.33 bits per heavy atom. The second kappa shape index (κ2) is 5.23. The van der Waals surface area contributed by atoms with Crippen molar-refractivity contribution >= 4 is 23.1 Å². The first-order valence-corrected chi connectivity index (χ1v) is 6.63. The van der Waals surface area contributed by atoms with Crippen LogP contribution in [0.5, 0.6) is 0 Å². The van der Waals surface area contributed by atoms with Gasteiger partial charge in [-0.3, -0.25) is 4.90 Å². The summed E-state index contributed by atoms with van der Waals surface area (Å²) in [5.41, 5.74) is 0.941. The molecule has 2 rings (SSSR count). The Kier molecular flexibility index (Phi) is 3.94. The van der Waals surface area contributed by atoms with Crippen LogP contribution in [0, 0.1) is 5.92 Å². The highest BCUT2D eigenvalue weighted by molar-refractivity contribution is 7.10. The maximum atomic E-state index is 6.00. The zero-order chi connectivity index (χ0) is 10.7. The quantitative estimate of drug-likeness (QED) is 0.772. The molecule has 1 saturated carbocycles. The molecule has 0 aromatic carbocycles. The van der Waals surface area contributed by atoms with Gasteiger partial charge in [0.15, 0.2) is 0 Å².